The maximum absolute atomic E-state index is 10.6. The lowest BCUT2D eigenvalue weighted by Crippen LogP contribution is -2.01. The van der Waals surface area contributed by atoms with Gasteiger partial charge in [-0.1, -0.05) is 22.0 Å². The summed E-state index contributed by atoms with van der Waals surface area (Å²) in [5, 5.41) is 8.85. The van der Waals surface area contributed by atoms with Gasteiger partial charge in [0.2, 0.25) is 0 Å². The molecule has 1 N–H and O–H groups in total. The van der Waals surface area contributed by atoms with E-state index in [0.29, 0.717) is 5.75 Å². The Bertz CT molecular complexity index is 323. The van der Waals surface area contributed by atoms with Crippen LogP contribution in [-0.4, -0.2) is 11.1 Å². The van der Waals surface area contributed by atoms with E-state index < -0.39 is 0 Å². The summed E-state index contributed by atoms with van der Waals surface area (Å²) in [5.74, 6) is 0.111. The molecule has 0 aliphatic carbocycles. The second-order valence-electron chi connectivity index (χ2n) is 2.50. The molecule has 1 aromatic carbocycles. The zero-order valence-electron chi connectivity index (χ0n) is 7.08. The molecule has 0 heterocycles. The van der Waals surface area contributed by atoms with Crippen LogP contribution in [0.3, 0.4) is 0 Å². The van der Waals surface area contributed by atoms with Crippen LogP contribution in [0, 0.1) is 0 Å². The zero-order chi connectivity index (χ0) is 9.84. The number of benzene rings is 1. The van der Waals surface area contributed by atoms with Gasteiger partial charge in [0.05, 0.1) is 6.61 Å². The first kappa shape index (κ1) is 10.2. The molecular formula is C9H9BrO3. The number of carbonyl (C=O) groups is 1. The summed E-state index contributed by atoms with van der Waals surface area (Å²) < 4.78 is 5.57. The maximum Gasteiger partial charge on any atom is 0.308 e. The van der Waals surface area contributed by atoms with E-state index in [9.17, 15) is 4.79 Å². The molecule has 70 valence electrons. The van der Waals surface area contributed by atoms with Gasteiger partial charge in [-0.2, -0.15) is 0 Å². The molecule has 1 aromatic rings. The van der Waals surface area contributed by atoms with Crippen molar-refractivity contribution in [2.75, 3.05) is 0 Å². The van der Waals surface area contributed by atoms with E-state index in [-0.39, 0.29) is 12.6 Å². The topological polar surface area (TPSA) is 46.5 Å². The predicted molar refractivity (Wildman–Crippen MR) is 51.4 cm³/mol. The van der Waals surface area contributed by atoms with Crippen LogP contribution >= 0.6 is 15.9 Å². The summed E-state index contributed by atoms with van der Waals surface area (Å²) in [6, 6.07) is 4.98. The predicted octanol–water partition coefficient (Wildman–Crippen LogP) is 1.87. The number of ether oxygens (including phenoxy) is 1. The number of rotatable bonds is 2. The van der Waals surface area contributed by atoms with Gasteiger partial charge in [0.25, 0.3) is 0 Å². The Morgan fingerprint density at radius 2 is 2.31 bits per heavy atom. The molecule has 0 atom stereocenters. The molecule has 4 heteroatoms. The zero-order valence-corrected chi connectivity index (χ0v) is 8.67. The Kier molecular flexibility index (Phi) is 3.45. The Labute approximate surface area is 84.5 Å². The SMILES string of the molecule is CC(=O)Oc1ccc(CO)c(Br)c1. The monoisotopic (exact) mass is 244 g/mol. The highest BCUT2D eigenvalue weighted by Crippen LogP contribution is 2.23. The van der Waals surface area contributed by atoms with Crippen molar-refractivity contribution in [1.29, 1.82) is 0 Å². The van der Waals surface area contributed by atoms with Gasteiger partial charge < -0.3 is 9.84 Å². The first-order valence-electron chi connectivity index (χ1n) is 3.71. The number of aliphatic hydroxyl groups is 1. The Balaban J connectivity index is 2.89. The highest BCUT2D eigenvalue weighted by atomic mass is 79.9. The van der Waals surface area contributed by atoms with Crippen LogP contribution in [0.5, 0.6) is 5.75 Å². The van der Waals surface area contributed by atoms with Crippen LogP contribution in [0.25, 0.3) is 0 Å². The molecule has 1 rings (SSSR count). The molecule has 0 aromatic heterocycles. The molecule has 3 nitrogen and oxygen atoms in total. The molecule has 0 saturated heterocycles. The molecular weight excluding hydrogens is 236 g/mol. The lowest BCUT2D eigenvalue weighted by atomic mass is 10.2. The van der Waals surface area contributed by atoms with Gasteiger partial charge >= 0.3 is 5.97 Å². The van der Waals surface area contributed by atoms with E-state index in [1.807, 2.05) is 0 Å². The summed E-state index contributed by atoms with van der Waals surface area (Å²) in [5.41, 5.74) is 0.760. The van der Waals surface area contributed by atoms with Crippen molar-refractivity contribution in [3.05, 3.63) is 28.2 Å². The molecule has 0 radical (unpaired) electrons. The van der Waals surface area contributed by atoms with Crippen LogP contribution < -0.4 is 4.74 Å². The fourth-order valence-corrected chi connectivity index (χ4v) is 1.37. The summed E-state index contributed by atoms with van der Waals surface area (Å²) in [7, 11) is 0. The maximum atomic E-state index is 10.6. The van der Waals surface area contributed by atoms with Crippen LogP contribution in [0.4, 0.5) is 0 Å². The van der Waals surface area contributed by atoms with Gasteiger partial charge in [0, 0.05) is 11.4 Å². The van der Waals surface area contributed by atoms with Gasteiger partial charge in [0.1, 0.15) is 5.75 Å². The van der Waals surface area contributed by atoms with E-state index in [1.165, 1.54) is 6.92 Å². The van der Waals surface area contributed by atoms with Crippen molar-refractivity contribution < 1.29 is 14.6 Å². The van der Waals surface area contributed by atoms with E-state index in [4.69, 9.17) is 9.84 Å². The number of esters is 1. The summed E-state index contributed by atoms with van der Waals surface area (Å²) >= 11 is 3.25. The summed E-state index contributed by atoms with van der Waals surface area (Å²) in [6.45, 7) is 1.30. The Morgan fingerprint density at radius 3 is 2.77 bits per heavy atom. The van der Waals surface area contributed by atoms with Crippen LogP contribution in [0.2, 0.25) is 0 Å². The lowest BCUT2D eigenvalue weighted by Gasteiger charge is -2.04. The summed E-state index contributed by atoms with van der Waals surface area (Å²) in [6.07, 6.45) is 0. The quantitative estimate of drug-likeness (QED) is 0.639. The first-order chi connectivity index (χ1) is 6.13. The highest BCUT2D eigenvalue weighted by molar-refractivity contribution is 9.10. The molecule has 0 aliphatic heterocycles. The van der Waals surface area contributed by atoms with Crippen LogP contribution in [0.15, 0.2) is 22.7 Å². The minimum absolute atomic E-state index is 0.0407. The molecule has 0 amide bonds. The standard InChI is InChI=1S/C9H9BrO3/c1-6(12)13-8-3-2-7(5-11)9(10)4-8/h2-4,11H,5H2,1H3. The van der Waals surface area contributed by atoms with E-state index >= 15 is 0 Å². The van der Waals surface area contributed by atoms with Crippen molar-refractivity contribution >= 4 is 21.9 Å². The average Bonchev–Trinajstić information content (AvgIpc) is 2.03. The third-order valence-corrected chi connectivity index (χ3v) is 2.19. The van der Waals surface area contributed by atoms with Gasteiger partial charge in [-0.05, 0) is 17.7 Å². The van der Waals surface area contributed by atoms with Crippen molar-refractivity contribution in [2.45, 2.75) is 13.5 Å². The fraction of sp³-hybridized carbons (Fsp3) is 0.222. The number of carbonyl (C=O) groups excluding carboxylic acids is 1. The van der Waals surface area contributed by atoms with E-state index in [2.05, 4.69) is 15.9 Å². The second kappa shape index (κ2) is 4.39. The first-order valence-corrected chi connectivity index (χ1v) is 4.50. The molecule has 0 unspecified atom stereocenters. The fourth-order valence-electron chi connectivity index (χ4n) is 0.886. The average molecular weight is 245 g/mol. The largest absolute Gasteiger partial charge is 0.427 e. The van der Waals surface area contributed by atoms with Crippen LogP contribution in [-0.2, 0) is 11.4 Å². The molecule has 0 saturated carbocycles. The van der Waals surface area contributed by atoms with Crippen molar-refractivity contribution in [3.63, 3.8) is 0 Å². The van der Waals surface area contributed by atoms with Crippen molar-refractivity contribution in [2.24, 2.45) is 0 Å². The van der Waals surface area contributed by atoms with Gasteiger partial charge in [0.15, 0.2) is 0 Å². The third kappa shape index (κ3) is 2.82. The molecule has 0 aliphatic rings. The van der Waals surface area contributed by atoms with Gasteiger partial charge in [-0.15, -0.1) is 0 Å². The second-order valence-corrected chi connectivity index (χ2v) is 3.36. The van der Waals surface area contributed by atoms with E-state index in [0.717, 1.165) is 10.0 Å². The lowest BCUT2D eigenvalue weighted by molar-refractivity contribution is -0.131. The molecule has 0 fully saturated rings. The summed E-state index contributed by atoms with van der Waals surface area (Å²) in [4.78, 5) is 10.6. The molecule has 0 spiro atoms. The van der Waals surface area contributed by atoms with E-state index in [1.54, 1.807) is 18.2 Å². The van der Waals surface area contributed by atoms with Gasteiger partial charge in [-0.3, -0.25) is 4.79 Å². The molecule has 13 heavy (non-hydrogen) atoms. The van der Waals surface area contributed by atoms with Crippen LogP contribution in [0.1, 0.15) is 12.5 Å². The number of aliphatic hydroxyl groups excluding tert-OH is 1. The van der Waals surface area contributed by atoms with Crippen molar-refractivity contribution in [1.82, 2.24) is 0 Å². The third-order valence-electron chi connectivity index (χ3n) is 1.46. The number of hydrogen-bond donors (Lipinski definition) is 1. The number of hydrogen-bond acceptors (Lipinski definition) is 3. The smallest absolute Gasteiger partial charge is 0.308 e. The minimum Gasteiger partial charge on any atom is -0.427 e. The number of halogens is 1. The normalized spacial score (nSPS) is 9.77. The van der Waals surface area contributed by atoms with Gasteiger partial charge in [-0.25, -0.2) is 0 Å². The highest BCUT2D eigenvalue weighted by Gasteiger charge is 2.02. The van der Waals surface area contributed by atoms with Crippen molar-refractivity contribution in [3.8, 4) is 5.75 Å². The molecule has 0 bridgehead atoms. The Morgan fingerprint density at radius 1 is 1.62 bits per heavy atom. The minimum atomic E-state index is -0.358. The Hall–Kier alpha value is -0.870.